The molecule has 3 N–H and O–H groups in total. The van der Waals surface area contributed by atoms with Gasteiger partial charge in [0.1, 0.15) is 11.9 Å². The van der Waals surface area contributed by atoms with Gasteiger partial charge in [0, 0.05) is 37.9 Å². The zero-order valence-corrected chi connectivity index (χ0v) is 19.4. The van der Waals surface area contributed by atoms with Gasteiger partial charge in [0.15, 0.2) is 0 Å². The van der Waals surface area contributed by atoms with Gasteiger partial charge in [0.05, 0.1) is 17.3 Å². The number of aliphatic carboxylic acids is 1. The lowest BCUT2D eigenvalue weighted by atomic mass is 10.1. The molecular formula is C25H31N5O4. The maximum atomic E-state index is 12.7. The van der Waals surface area contributed by atoms with Gasteiger partial charge in [-0.25, -0.2) is 9.78 Å². The van der Waals surface area contributed by atoms with Crippen molar-refractivity contribution in [3.63, 3.8) is 0 Å². The van der Waals surface area contributed by atoms with Gasteiger partial charge in [0.25, 0.3) is 5.91 Å². The van der Waals surface area contributed by atoms with E-state index in [9.17, 15) is 14.7 Å². The smallest absolute Gasteiger partial charge is 0.326 e. The standard InChI is InChI=1S/C25H31N5O4/c1-30-22-10-2-8-19(20(22)16-27-30)24(31)29-21(25(32)33)9-5-15-34-14-4-7-18-12-11-17-6-3-13-26-23(17)28-18/h2,8,10-12,16,21H,3-7,9,13-15H2,1H3,(H,26,28)(H,29,31)(H,32,33)/t21-/m0/s1. The van der Waals surface area contributed by atoms with Crippen molar-refractivity contribution >= 4 is 28.6 Å². The Morgan fingerprint density at radius 3 is 2.94 bits per heavy atom. The lowest BCUT2D eigenvalue weighted by Crippen LogP contribution is -2.41. The molecule has 1 aromatic carbocycles. The van der Waals surface area contributed by atoms with Crippen molar-refractivity contribution in [2.75, 3.05) is 25.1 Å². The second-order valence-electron chi connectivity index (χ2n) is 8.57. The van der Waals surface area contributed by atoms with Crippen LogP contribution in [0.15, 0.2) is 36.5 Å². The number of carbonyl (C=O) groups is 2. The van der Waals surface area contributed by atoms with E-state index in [-0.39, 0.29) is 0 Å². The minimum Gasteiger partial charge on any atom is -0.480 e. The molecule has 0 aliphatic carbocycles. The van der Waals surface area contributed by atoms with E-state index in [0.29, 0.717) is 37.0 Å². The first-order valence-corrected chi connectivity index (χ1v) is 11.8. The molecule has 9 heteroatoms. The average molecular weight is 466 g/mol. The van der Waals surface area contributed by atoms with Crippen LogP contribution in [0.25, 0.3) is 10.9 Å². The molecule has 0 saturated carbocycles. The fourth-order valence-corrected chi connectivity index (χ4v) is 4.22. The van der Waals surface area contributed by atoms with Gasteiger partial charge >= 0.3 is 5.97 Å². The van der Waals surface area contributed by atoms with Crippen LogP contribution in [-0.2, 0) is 29.4 Å². The Morgan fingerprint density at radius 1 is 1.24 bits per heavy atom. The van der Waals surface area contributed by atoms with Gasteiger partial charge in [-0.05, 0) is 62.3 Å². The molecule has 0 radical (unpaired) electrons. The lowest BCUT2D eigenvalue weighted by Gasteiger charge is -2.17. The number of hydrogen-bond acceptors (Lipinski definition) is 6. The highest BCUT2D eigenvalue weighted by Gasteiger charge is 2.22. The Kier molecular flexibility index (Phi) is 7.74. The number of hydrogen-bond donors (Lipinski definition) is 3. The monoisotopic (exact) mass is 465 g/mol. The van der Waals surface area contributed by atoms with Crippen molar-refractivity contribution < 1.29 is 19.4 Å². The summed E-state index contributed by atoms with van der Waals surface area (Å²) in [5.74, 6) is -0.469. The fourth-order valence-electron chi connectivity index (χ4n) is 4.22. The van der Waals surface area contributed by atoms with E-state index < -0.39 is 17.9 Å². The number of rotatable bonds is 11. The fraction of sp³-hybridized carbons (Fsp3) is 0.440. The van der Waals surface area contributed by atoms with Crippen molar-refractivity contribution in [1.29, 1.82) is 0 Å². The number of ether oxygens (including phenoxy) is 1. The number of pyridine rings is 1. The Labute approximate surface area is 198 Å². The van der Waals surface area contributed by atoms with Gasteiger partial charge in [-0.15, -0.1) is 0 Å². The average Bonchev–Trinajstić information content (AvgIpc) is 3.23. The SMILES string of the molecule is Cn1ncc2c(C(=O)N[C@@H](CCCOCCCc3ccc4c(n3)NCCC4)C(=O)O)cccc21. The highest BCUT2D eigenvalue weighted by molar-refractivity contribution is 6.07. The number of aromatic nitrogens is 3. The van der Waals surface area contributed by atoms with Crippen LogP contribution >= 0.6 is 0 Å². The molecule has 2 aromatic heterocycles. The zero-order valence-electron chi connectivity index (χ0n) is 19.4. The van der Waals surface area contributed by atoms with E-state index in [1.165, 1.54) is 5.56 Å². The summed E-state index contributed by atoms with van der Waals surface area (Å²) in [6.45, 7) is 2.00. The Balaban J connectivity index is 1.18. The number of amides is 1. The first kappa shape index (κ1) is 23.7. The topological polar surface area (TPSA) is 118 Å². The second kappa shape index (κ2) is 11.1. The summed E-state index contributed by atoms with van der Waals surface area (Å²) in [7, 11) is 1.80. The number of fused-ring (bicyclic) bond motifs is 2. The number of carbonyl (C=O) groups excluding carboxylic acids is 1. The maximum absolute atomic E-state index is 12.7. The zero-order chi connectivity index (χ0) is 23.9. The third-order valence-electron chi connectivity index (χ3n) is 6.09. The van der Waals surface area contributed by atoms with Crippen LogP contribution in [0.3, 0.4) is 0 Å². The molecule has 0 bridgehead atoms. The van der Waals surface area contributed by atoms with Crippen molar-refractivity contribution in [3.8, 4) is 0 Å². The summed E-state index contributed by atoms with van der Waals surface area (Å²) in [6, 6.07) is 8.56. The summed E-state index contributed by atoms with van der Waals surface area (Å²) in [5, 5.41) is 20.4. The van der Waals surface area contributed by atoms with Crippen LogP contribution in [0.4, 0.5) is 5.82 Å². The quantitative estimate of drug-likeness (QED) is 0.373. The molecule has 4 rings (SSSR count). The van der Waals surface area contributed by atoms with Crippen LogP contribution in [0, 0.1) is 0 Å². The largest absolute Gasteiger partial charge is 0.480 e. The first-order valence-electron chi connectivity index (χ1n) is 11.8. The number of carboxylic acid groups (broad SMARTS) is 1. The summed E-state index contributed by atoms with van der Waals surface area (Å²) in [5.41, 5.74) is 3.56. The highest BCUT2D eigenvalue weighted by Crippen LogP contribution is 2.20. The molecule has 1 amide bonds. The summed E-state index contributed by atoms with van der Waals surface area (Å²) in [4.78, 5) is 29.1. The van der Waals surface area contributed by atoms with Gasteiger partial charge in [-0.1, -0.05) is 12.1 Å². The molecule has 1 aliphatic heterocycles. The molecule has 0 fully saturated rings. The Morgan fingerprint density at radius 2 is 2.09 bits per heavy atom. The van der Waals surface area contributed by atoms with Crippen LogP contribution < -0.4 is 10.6 Å². The molecular weight excluding hydrogens is 434 g/mol. The second-order valence-corrected chi connectivity index (χ2v) is 8.57. The predicted octanol–water partition coefficient (Wildman–Crippen LogP) is 2.94. The number of nitrogens with zero attached hydrogens (tertiary/aromatic N) is 3. The van der Waals surface area contributed by atoms with Gasteiger partial charge in [-0.3, -0.25) is 9.48 Å². The lowest BCUT2D eigenvalue weighted by molar-refractivity contribution is -0.139. The minimum absolute atomic E-state index is 0.294. The number of benzene rings is 1. The number of aryl methyl sites for hydroxylation is 3. The number of anilines is 1. The molecule has 9 nitrogen and oxygen atoms in total. The summed E-state index contributed by atoms with van der Waals surface area (Å²) in [6.07, 6.45) is 6.36. The van der Waals surface area contributed by atoms with Crippen LogP contribution in [0.5, 0.6) is 0 Å². The molecule has 34 heavy (non-hydrogen) atoms. The molecule has 0 unspecified atom stereocenters. The summed E-state index contributed by atoms with van der Waals surface area (Å²) < 4.78 is 7.37. The Hall–Kier alpha value is -3.46. The van der Waals surface area contributed by atoms with Gasteiger partial charge in [0.2, 0.25) is 0 Å². The maximum Gasteiger partial charge on any atom is 0.326 e. The van der Waals surface area contributed by atoms with E-state index in [1.54, 1.807) is 30.1 Å². The highest BCUT2D eigenvalue weighted by atomic mass is 16.5. The van der Waals surface area contributed by atoms with Crippen LogP contribution in [-0.4, -0.2) is 57.5 Å². The van der Waals surface area contributed by atoms with E-state index in [2.05, 4.69) is 32.8 Å². The molecule has 0 spiro atoms. The Bertz CT molecular complexity index is 1160. The van der Waals surface area contributed by atoms with Crippen molar-refractivity contribution in [3.05, 3.63) is 53.3 Å². The van der Waals surface area contributed by atoms with Gasteiger partial charge < -0.3 is 20.5 Å². The van der Waals surface area contributed by atoms with Crippen LogP contribution in [0.1, 0.15) is 47.3 Å². The molecule has 1 aliphatic rings. The van der Waals surface area contributed by atoms with Crippen LogP contribution in [0.2, 0.25) is 0 Å². The van der Waals surface area contributed by atoms with E-state index in [4.69, 9.17) is 4.74 Å². The van der Waals surface area contributed by atoms with E-state index in [1.807, 2.05) is 6.07 Å². The molecule has 1 atom stereocenters. The molecule has 3 aromatic rings. The van der Waals surface area contributed by atoms with E-state index in [0.717, 1.165) is 49.3 Å². The third-order valence-corrected chi connectivity index (χ3v) is 6.09. The van der Waals surface area contributed by atoms with E-state index >= 15 is 0 Å². The summed E-state index contributed by atoms with van der Waals surface area (Å²) >= 11 is 0. The third kappa shape index (κ3) is 5.72. The van der Waals surface area contributed by atoms with Crippen molar-refractivity contribution in [1.82, 2.24) is 20.1 Å². The van der Waals surface area contributed by atoms with Crippen molar-refractivity contribution in [2.45, 2.75) is 44.6 Å². The minimum atomic E-state index is -1.06. The molecule has 3 heterocycles. The first-order chi connectivity index (χ1) is 16.5. The van der Waals surface area contributed by atoms with Crippen molar-refractivity contribution in [2.24, 2.45) is 7.05 Å². The molecule has 180 valence electrons. The number of carboxylic acids is 1. The normalized spacial score (nSPS) is 13.8. The van der Waals surface area contributed by atoms with Gasteiger partial charge in [-0.2, -0.15) is 5.10 Å². The molecule has 0 saturated heterocycles. The number of nitrogens with one attached hydrogen (secondary N) is 2. The predicted molar refractivity (Wildman–Crippen MR) is 129 cm³/mol.